The van der Waals surface area contributed by atoms with E-state index in [1.54, 1.807) is 12.1 Å². The zero-order valence-electron chi connectivity index (χ0n) is 38.9. The first-order valence-electron chi connectivity index (χ1n) is 22.2. The fraction of sp³-hybridized carbons (Fsp3) is 0.138. The van der Waals surface area contributed by atoms with Crippen molar-refractivity contribution >= 4 is 91.9 Å². The van der Waals surface area contributed by atoms with E-state index in [9.17, 15) is 18.4 Å². The fourth-order valence-corrected chi connectivity index (χ4v) is 14.5. The third kappa shape index (κ3) is 15.2. The summed E-state index contributed by atoms with van der Waals surface area (Å²) in [5.74, 6) is 0.736. The minimum absolute atomic E-state index is 0. The Morgan fingerprint density at radius 1 is 0.471 bits per heavy atom. The predicted octanol–water partition coefficient (Wildman–Crippen LogP) is 12.1. The summed E-state index contributed by atoms with van der Waals surface area (Å²) in [6, 6.07) is 72.9. The monoisotopic (exact) mass is 1110 g/mol. The summed E-state index contributed by atoms with van der Waals surface area (Å²) >= 11 is 3.32. The molecule has 0 spiro atoms. The van der Waals surface area contributed by atoms with Gasteiger partial charge < -0.3 is 18.9 Å². The van der Waals surface area contributed by atoms with Crippen LogP contribution in [0.2, 0.25) is 0 Å². The van der Waals surface area contributed by atoms with Gasteiger partial charge in [0.1, 0.15) is 61.2 Å². The molecular formula is C58H55Br2F2O6P2+. The third-order valence-electron chi connectivity index (χ3n) is 10.8. The van der Waals surface area contributed by atoms with E-state index < -0.39 is 28.5 Å². The zero-order valence-corrected chi connectivity index (χ0v) is 44.0. The lowest BCUT2D eigenvalue weighted by Gasteiger charge is -2.28. The summed E-state index contributed by atoms with van der Waals surface area (Å²) in [6.45, 7) is -0.886. The predicted molar refractivity (Wildman–Crippen MR) is 295 cm³/mol. The summed E-state index contributed by atoms with van der Waals surface area (Å²) in [7, 11) is -0.0606. The summed E-state index contributed by atoms with van der Waals surface area (Å²) in [5, 5.41) is 8.20. The molecule has 12 heteroatoms. The van der Waals surface area contributed by atoms with Crippen LogP contribution in [0.3, 0.4) is 0 Å². The van der Waals surface area contributed by atoms with Crippen LogP contribution in [-0.2, 0) is 21.0 Å². The lowest BCUT2D eigenvalue weighted by molar-refractivity contribution is 0.0592. The van der Waals surface area contributed by atoms with Gasteiger partial charge in [-0.05, 0) is 108 Å². The van der Waals surface area contributed by atoms with E-state index in [1.165, 1.54) is 40.7 Å². The first-order chi connectivity index (χ1) is 33.8. The largest absolute Gasteiger partial charge is 0.491 e. The van der Waals surface area contributed by atoms with Gasteiger partial charge in [-0.25, -0.2) is 18.4 Å². The van der Waals surface area contributed by atoms with Crippen LogP contribution in [0, 0.1) is 0 Å². The number of halogens is 4. The lowest BCUT2D eigenvalue weighted by Crippen LogP contribution is -2.32. The SMILES string of the molecule is Br.COC(=O)c1ccc(CBr)cc1.COC(=O)c1ccc(C[P+](c2ccccc2)(c2ccccc2)c2cccc(OCCF)c2)cc1.FCCOc1cccc(P(c2ccccc2)c2ccccc2)c1. The molecule has 0 amide bonds. The second-order valence-corrected chi connectivity index (χ2v) is 21.5. The average Bonchev–Trinajstić information content (AvgIpc) is 3.42. The van der Waals surface area contributed by atoms with E-state index in [2.05, 4.69) is 130 Å². The molecule has 0 heterocycles. The first kappa shape index (κ1) is 54.9. The van der Waals surface area contributed by atoms with Gasteiger partial charge in [-0.2, -0.15) is 0 Å². The molecule has 0 saturated heterocycles. The minimum atomic E-state index is -2.17. The molecule has 70 heavy (non-hydrogen) atoms. The molecule has 6 nitrogen and oxygen atoms in total. The quantitative estimate of drug-likeness (QED) is 0.0514. The van der Waals surface area contributed by atoms with Gasteiger partial charge in [0, 0.05) is 11.4 Å². The first-order valence-corrected chi connectivity index (χ1v) is 26.7. The van der Waals surface area contributed by atoms with Crippen LogP contribution in [0.1, 0.15) is 31.8 Å². The van der Waals surface area contributed by atoms with Crippen molar-refractivity contribution in [3.05, 3.63) is 241 Å². The Labute approximate surface area is 431 Å². The van der Waals surface area contributed by atoms with Crippen molar-refractivity contribution in [3.63, 3.8) is 0 Å². The van der Waals surface area contributed by atoms with Gasteiger partial charge >= 0.3 is 11.9 Å². The number of hydrogen-bond donors (Lipinski definition) is 0. The zero-order chi connectivity index (χ0) is 48.7. The molecule has 0 bridgehead atoms. The van der Waals surface area contributed by atoms with E-state index >= 15 is 0 Å². The number of benzene rings is 8. The standard InChI is InChI=1S/C29H27FO3P.C20H18FOP.C9H9BrO2.BrH/c1-32-29(31)24-17-15-23(16-18-24)22-34(26-10-4-2-5-11-26,27-12-6-3-7-13-27)28-14-8-9-25(21-28)33-20-19-30;21-14-15-22-17-8-7-13-20(16-17)23(18-9-3-1-4-10-18)19-11-5-2-6-12-19;1-12-9(11)8-4-2-7(6-10)3-5-8;/h2-18,21H,19-20,22H2,1H3;1-13,16H,14-15H2;2-5H,6H2,1H3;1H/q+1;;;. The van der Waals surface area contributed by atoms with Crippen LogP contribution in [0.5, 0.6) is 11.5 Å². The van der Waals surface area contributed by atoms with Gasteiger partial charge in [0.2, 0.25) is 0 Å². The second kappa shape index (κ2) is 29.2. The van der Waals surface area contributed by atoms with E-state index in [0.29, 0.717) is 16.9 Å². The summed E-state index contributed by atoms with van der Waals surface area (Å²) in [5.41, 5.74) is 3.37. The van der Waals surface area contributed by atoms with Crippen molar-refractivity contribution in [3.8, 4) is 11.5 Å². The molecule has 8 rings (SSSR count). The minimum Gasteiger partial charge on any atom is -0.491 e. The van der Waals surface area contributed by atoms with Crippen LogP contribution in [0.15, 0.2) is 218 Å². The number of ether oxygens (including phenoxy) is 4. The van der Waals surface area contributed by atoms with Gasteiger partial charge in [-0.3, -0.25) is 0 Å². The number of rotatable bonds is 17. The smallest absolute Gasteiger partial charge is 0.337 e. The average molecular weight is 1110 g/mol. The molecule has 0 saturated carbocycles. The molecule has 0 aromatic heterocycles. The number of esters is 2. The Kier molecular flexibility index (Phi) is 22.9. The molecule has 0 unspecified atom stereocenters. The Morgan fingerprint density at radius 2 is 0.857 bits per heavy atom. The van der Waals surface area contributed by atoms with Crippen molar-refractivity contribution in [2.45, 2.75) is 11.5 Å². The van der Waals surface area contributed by atoms with Crippen molar-refractivity contribution in [1.82, 2.24) is 0 Å². The van der Waals surface area contributed by atoms with Crippen LogP contribution in [0.25, 0.3) is 0 Å². The molecular weight excluding hydrogens is 1050 g/mol. The number of methoxy groups -OCH3 is 2. The van der Waals surface area contributed by atoms with Crippen molar-refractivity contribution in [1.29, 1.82) is 0 Å². The van der Waals surface area contributed by atoms with Gasteiger partial charge in [-0.15, -0.1) is 17.0 Å². The molecule has 0 aliphatic rings. The number of carbonyl (C=O) groups excluding carboxylic acids is 2. The normalized spacial score (nSPS) is 10.5. The summed E-state index contributed by atoms with van der Waals surface area (Å²) in [6.07, 6.45) is 0.759. The van der Waals surface area contributed by atoms with Crippen LogP contribution in [-0.4, -0.2) is 52.7 Å². The third-order valence-corrected chi connectivity index (χ3v) is 18.2. The maximum absolute atomic E-state index is 12.8. The molecule has 8 aromatic rings. The Bertz CT molecular complexity index is 2700. The summed E-state index contributed by atoms with van der Waals surface area (Å²) < 4.78 is 45.7. The van der Waals surface area contributed by atoms with Crippen molar-refractivity contribution in [2.75, 3.05) is 40.8 Å². The van der Waals surface area contributed by atoms with E-state index in [-0.39, 0.29) is 42.1 Å². The number of alkyl halides is 3. The Balaban J connectivity index is 0.000000218. The van der Waals surface area contributed by atoms with Gasteiger partial charge in [0.15, 0.2) is 0 Å². The molecule has 0 N–H and O–H groups in total. The lowest BCUT2D eigenvalue weighted by atomic mass is 10.1. The van der Waals surface area contributed by atoms with Crippen LogP contribution >= 0.6 is 48.1 Å². The van der Waals surface area contributed by atoms with Crippen molar-refractivity contribution < 1.29 is 37.3 Å². The van der Waals surface area contributed by atoms with E-state index in [0.717, 1.165) is 33.7 Å². The molecule has 0 radical (unpaired) electrons. The topological polar surface area (TPSA) is 71.1 Å². The Morgan fingerprint density at radius 3 is 1.29 bits per heavy atom. The maximum atomic E-state index is 12.8. The number of hydrogen-bond acceptors (Lipinski definition) is 6. The van der Waals surface area contributed by atoms with Crippen LogP contribution in [0.4, 0.5) is 8.78 Å². The highest BCUT2D eigenvalue weighted by atomic mass is 79.9. The molecule has 0 atom stereocenters. The highest BCUT2D eigenvalue weighted by molar-refractivity contribution is 9.08. The molecule has 8 aromatic carbocycles. The maximum Gasteiger partial charge on any atom is 0.337 e. The second-order valence-electron chi connectivity index (χ2n) is 15.2. The highest BCUT2D eigenvalue weighted by Crippen LogP contribution is 2.58. The van der Waals surface area contributed by atoms with E-state index in [1.807, 2.05) is 97.1 Å². The summed E-state index contributed by atoms with van der Waals surface area (Å²) in [4.78, 5) is 22.9. The van der Waals surface area contributed by atoms with Crippen LogP contribution < -0.4 is 41.3 Å². The van der Waals surface area contributed by atoms with Gasteiger partial charge in [0.25, 0.3) is 0 Å². The molecule has 0 aliphatic heterocycles. The fourth-order valence-electron chi connectivity index (χ4n) is 7.51. The molecule has 0 aliphatic carbocycles. The molecule has 0 fully saturated rings. The van der Waals surface area contributed by atoms with Gasteiger partial charge in [0.05, 0.1) is 31.5 Å². The Hall–Kier alpha value is -6.02. The van der Waals surface area contributed by atoms with Crippen molar-refractivity contribution in [2.24, 2.45) is 0 Å². The highest BCUT2D eigenvalue weighted by Gasteiger charge is 2.45. The number of carbonyl (C=O) groups is 2. The van der Waals surface area contributed by atoms with E-state index in [4.69, 9.17) is 14.2 Å². The van der Waals surface area contributed by atoms with Gasteiger partial charge in [-0.1, -0.05) is 155 Å². The molecule has 360 valence electrons.